The van der Waals surface area contributed by atoms with Crippen LogP contribution in [0.4, 0.5) is 10.2 Å². The molecule has 4 nitrogen and oxygen atoms in total. The van der Waals surface area contributed by atoms with Crippen molar-refractivity contribution in [2.75, 3.05) is 12.8 Å². The first kappa shape index (κ1) is 13.3. The van der Waals surface area contributed by atoms with E-state index in [2.05, 4.69) is 9.97 Å². The van der Waals surface area contributed by atoms with Gasteiger partial charge in [0.15, 0.2) is 0 Å². The predicted octanol–water partition coefficient (Wildman–Crippen LogP) is 2.74. The Kier molecular flexibility index (Phi) is 3.64. The van der Waals surface area contributed by atoms with Crippen molar-refractivity contribution < 1.29 is 9.13 Å². The summed E-state index contributed by atoms with van der Waals surface area (Å²) in [6.07, 6.45) is 0.648. The van der Waals surface area contributed by atoms with Gasteiger partial charge in [-0.15, -0.1) is 0 Å². The normalized spacial score (nSPS) is 10.5. The molecule has 100 valence electrons. The summed E-state index contributed by atoms with van der Waals surface area (Å²) in [4.78, 5) is 8.53. The second-order valence-electron chi connectivity index (χ2n) is 4.20. The van der Waals surface area contributed by atoms with Gasteiger partial charge in [0, 0.05) is 23.6 Å². The van der Waals surface area contributed by atoms with E-state index < -0.39 is 0 Å². The molecule has 0 amide bonds. The number of hydrogen-bond acceptors (Lipinski definition) is 4. The Bertz CT molecular complexity index is 614. The maximum absolute atomic E-state index is 14.1. The molecule has 2 aromatic rings. The molecular weight excluding hydrogens is 245 g/mol. The average molecular weight is 261 g/mol. The van der Waals surface area contributed by atoms with Gasteiger partial charge in [0.1, 0.15) is 23.2 Å². The minimum atomic E-state index is -0.386. The Labute approximate surface area is 111 Å². The van der Waals surface area contributed by atoms with E-state index in [1.54, 1.807) is 19.1 Å². The first-order chi connectivity index (χ1) is 9.06. The number of benzene rings is 1. The summed E-state index contributed by atoms with van der Waals surface area (Å²) >= 11 is 0. The van der Waals surface area contributed by atoms with Crippen molar-refractivity contribution in [1.29, 1.82) is 0 Å². The molecule has 0 aliphatic carbocycles. The fraction of sp³-hybridized carbons (Fsp3) is 0.286. The molecule has 0 aliphatic heterocycles. The van der Waals surface area contributed by atoms with E-state index in [1.165, 1.54) is 13.2 Å². The van der Waals surface area contributed by atoms with Gasteiger partial charge in [-0.1, -0.05) is 6.92 Å². The molecule has 2 N–H and O–H groups in total. The molecule has 0 fully saturated rings. The lowest BCUT2D eigenvalue weighted by atomic mass is 10.1. The number of nitrogens with zero attached hydrogens (tertiary/aromatic N) is 2. The third kappa shape index (κ3) is 2.50. The van der Waals surface area contributed by atoms with E-state index in [0.717, 1.165) is 0 Å². The molecule has 1 aromatic heterocycles. The third-order valence-corrected chi connectivity index (χ3v) is 2.98. The average Bonchev–Trinajstić information content (AvgIpc) is 2.42. The van der Waals surface area contributed by atoms with Gasteiger partial charge in [-0.05, 0) is 19.1 Å². The molecule has 0 spiro atoms. The van der Waals surface area contributed by atoms with Crippen LogP contribution in [0.3, 0.4) is 0 Å². The maximum atomic E-state index is 14.1. The van der Waals surface area contributed by atoms with Gasteiger partial charge in [-0.3, -0.25) is 0 Å². The number of hydrogen-bond donors (Lipinski definition) is 1. The lowest BCUT2D eigenvalue weighted by Gasteiger charge is -2.11. The zero-order chi connectivity index (χ0) is 14.0. The standard InChI is InChI=1S/C14H16FN3O/c1-4-12-17-13(8(2)14(16)18-12)10-6-5-9(19-3)7-11(10)15/h5-7H,4H2,1-3H3,(H2,16,17,18). The van der Waals surface area contributed by atoms with Gasteiger partial charge in [-0.2, -0.15) is 0 Å². The number of ether oxygens (including phenoxy) is 1. The van der Waals surface area contributed by atoms with Crippen molar-refractivity contribution in [2.45, 2.75) is 20.3 Å². The van der Waals surface area contributed by atoms with Crippen LogP contribution in [0.2, 0.25) is 0 Å². The van der Waals surface area contributed by atoms with E-state index in [-0.39, 0.29) is 5.82 Å². The highest BCUT2D eigenvalue weighted by Gasteiger charge is 2.14. The largest absolute Gasteiger partial charge is 0.497 e. The SMILES string of the molecule is CCc1nc(N)c(C)c(-c2ccc(OC)cc2F)n1. The molecule has 0 saturated heterocycles. The van der Waals surface area contributed by atoms with Crippen molar-refractivity contribution in [3.05, 3.63) is 35.4 Å². The highest BCUT2D eigenvalue weighted by Crippen LogP contribution is 2.29. The summed E-state index contributed by atoms with van der Waals surface area (Å²) in [6.45, 7) is 3.71. The van der Waals surface area contributed by atoms with Crippen LogP contribution in [0.5, 0.6) is 5.75 Å². The quantitative estimate of drug-likeness (QED) is 0.922. The highest BCUT2D eigenvalue weighted by molar-refractivity contribution is 5.68. The van der Waals surface area contributed by atoms with Crippen molar-refractivity contribution in [1.82, 2.24) is 9.97 Å². The van der Waals surface area contributed by atoms with Crippen LogP contribution in [0.15, 0.2) is 18.2 Å². The van der Waals surface area contributed by atoms with Gasteiger partial charge in [-0.25, -0.2) is 14.4 Å². The van der Waals surface area contributed by atoms with Crippen molar-refractivity contribution in [2.24, 2.45) is 0 Å². The van der Waals surface area contributed by atoms with Gasteiger partial charge in [0.25, 0.3) is 0 Å². The number of anilines is 1. The Balaban J connectivity index is 2.61. The fourth-order valence-corrected chi connectivity index (χ4v) is 1.82. The summed E-state index contributed by atoms with van der Waals surface area (Å²) in [6, 6.07) is 4.67. The van der Waals surface area contributed by atoms with Crippen molar-refractivity contribution in [3.63, 3.8) is 0 Å². The number of methoxy groups -OCH3 is 1. The maximum Gasteiger partial charge on any atom is 0.136 e. The zero-order valence-corrected chi connectivity index (χ0v) is 11.2. The van der Waals surface area contributed by atoms with Crippen LogP contribution >= 0.6 is 0 Å². The summed E-state index contributed by atoms with van der Waals surface area (Å²) in [5.74, 6) is 1.07. The van der Waals surface area contributed by atoms with E-state index in [4.69, 9.17) is 10.5 Å². The lowest BCUT2D eigenvalue weighted by molar-refractivity contribution is 0.411. The molecular formula is C14H16FN3O. The van der Waals surface area contributed by atoms with Crippen LogP contribution in [0.1, 0.15) is 18.3 Å². The van der Waals surface area contributed by atoms with Crippen LogP contribution in [0, 0.1) is 12.7 Å². The number of nitrogen functional groups attached to an aromatic ring is 1. The topological polar surface area (TPSA) is 61.0 Å². The van der Waals surface area contributed by atoms with Crippen LogP contribution < -0.4 is 10.5 Å². The molecule has 1 aromatic carbocycles. The molecule has 0 aliphatic rings. The van der Waals surface area contributed by atoms with E-state index in [9.17, 15) is 4.39 Å². The molecule has 2 rings (SSSR count). The summed E-state index contributed by atoms with van der Waals surface area (Å²) in [7, 11) is 1.50. The Morgan fingerprint density at radius 2 is 2.05 bits per heavy atom. The molecule has 0 radical (unpaired) electrons. The molecule has 0 saturated carbocycles. The molecule has 1 heterocycles. The molecule has 0 bridgehead atoms. The highest BCUT2D eigenvalue weighted by atomic mass is 19.1. The van der Waals surface area contributed by atoms with Gasteiger partial charge in [0.2, 0.25) is 0 Å². The second-order valence-corrected chi connectivity index (χ2v) is 4.20. The fourth-order valence-electron chi connectivity index (χ4n) is 1.82. The van der Waals surface area contributed by atoms with Crippen LogP contribution in [0.25, 0.3) is 11.3 Å². The zero-order valence-electron chi connectivity index (χ0n) is 11.2. The monoisotopic (exact) mass is 261 g/mol. The Morgan fingerprint density at radius 3 is 2.63 bits per heavy atom. The molecule has 0 unspecified atom stereocenters. The summed E-state index contributed by atoms with van der Waals surface area (Å²) in [5, 5.41) is 0. The van der Waals surface area contributed by atoms with Crippen molar-refractivity contribution in [3.8, 4) is 17.0 Å². The summed E-state index contributed by atoms with van der Waals surface area (Å²) in [5.41, 5.74) is 7.46. The van der Waals surface area contributed by atoms with Gasteiger partial charge >= 0.3 is 0 Å². The van der Waals surface area contributed by atoms with Gasteiger partial charge < -0.3 is 10.5 Å². The first-order valence-electron chi connectivity index (χ1n) is 6.03. The van der Waals surface area contributed by atoms with Gasteiger partial charge in [0.05, 0.1) is 12.8 Å². The minimum absolute atomic E-state index is 0.386. The first-order valence-corrected chi connectivity index (χ1v) is 6.03. The van der Waals surface area contributed by atoms with E-state index >= 15 is 0 Å². The number of halogens is 1. The number of rotatable bonds is 3. The second kappa shape index (κ2) is 5.22. The smallest absolute Gasteiger partial charge is 0.136 e. The molecule has 19 heavy (non-hydrogen) atoms. The Hall–Kier alpha value is -2.17. The number of aryl methyl sites for hydroxylation is 1. The lowest BCUT2D eigenvalue weighted by Crippen LogP contribution is -2.05. The third-order valence-electron chi connectivity index (χ3n) is 2.98. The molecule has 0 atom stereocenters. The van der Waals surface area contributed by atoms with E-state index in [1.807, 2.05) is 6.92 Å². The minimum Gasteiger partial charge on any atom is -0.497 e. The number of aromatic nitrogens is 2. The van der Waals surface area contributed by atoms with Crippen LogP contribution in [-0.2, 0) is 6.42 Å². The summed E-state index contributed by atoms with van der Waals surface area (Å²) < 4.78 is 19.1. The van der Waals surface area contributed by atoms with Crippen molar-refractivity contribution >= 4 is 5.82 Å². The van der Waals surface area contributed by atoms with Crippen LogP contribution in [-0.4, -0.2) is 17.1 Å². The molecule has 5 heteroatoms. The Morgan fingerprint density at radius 1 is 1.32 bits per heavy atom. The van der Waals surface area contributed by atoms with E-state index in [0.29, 0.717) is 40.6 Å². The number of nitrogens with two attached hydrogens (primary N) is 1. The predicted molar refractivity (Wildman–Crippen MR) is 72.5 cm³/mol.